The van der Waals surface area contributed by atoms with Gasteiger partial charge < -0.3 is 14.2 Å². The second kappa shape index (κ2) is 63.1. The normalized spacial score (nSPS) is 13.0. The molecule has 1 unspecified atom stereocenters. The van der Waals surface area contributed by atoms with E-state index in [1.54, 1.807) is 0 Å². The van der Waals surface area contributed by atoms with Crippen LogP contribution in [0.15, 0.2) is 134 Å². The van der Waals surface area contributed by atoms with Gasteiger partial charge in [-0.15, -0.1) is 0 Å². The zero-order valence-electron chi connectivity index (χ0n) is 49.2. The van der Waals surface area contributed by atoms with E-state index in [1.807, 2.05) is 0 Å². The molecule has 0 bridgehead atoms. The van der Waals surface area contributed by atoms with Gasteiger partial charge in [-0.1, -0.05) is 251 Å². The molecule has 0 saturated heterocycles. The minimum Gasteiger partial charge on any atom is -0.462 e. The minimum atomic E-state index is -0.817. The van der Waals surface area contributed by atoms with Gasteiger partial charge in [-0.05, 0) is 135 Å². The van der Waals surface area contributed by atoms with Gasteiger partial charge in [0, 0.05) is 19.3 Å². The van der Waals surface area contributed by atoms with Crippen molar-refractivity contribution in [3.05, 3.63) is 134 Å². The van der Waals surface area contributed by atoms with Crippen LogP contribution in [0.2, 0.25) is 0 Å². The number of rotatable bonds is 55. The second-order valence-electron chi connectivity index (χ2n) is 20.2. The molecule has 0 rings (SSSR count). The largest absolute Gasteiger partial charge is 0.462 e. The van der Waals surface area contributed by atoms with E-state index in [9.17, 15) is 14.4 Å². The van der Waals surface area contributed by atoms with Crippen molar-refractivity contribution in [2.75, 3.05) is 13.2 Å². The predicted molar refractivity (Wildman–Crippen MR) is 329 cm³/mol. The molecule has 430 valence electrons. The molecule has 0 saturated carbocycles. The van der Waals surface area contributed by atoms with Crippen molar-refractivity contribution in [3.63, 3.8) is 0 Å². The van der Waals surface area contributed by atoms with Crippen molar-refractivity contribution < 1.29 is 28.6 Å². The molecule has 0 aromatic heterocycles. The van der Waals surface area contributed by atoms with Crippen molar-refractivity contribution in [3.8, 4) is 0 Å². The summed E-state index contributed by atoms with van der Waals surface area (Å²) in [5, 5.41) is 0. The number of hydrogen-bond acceptors (Lipinski definition) is 6. The van der Waals surface area contributed by atoms with E-state index in [1.165, 1.54) is 89.9 Å². The van der Waals surface area contributed by atoms with Gasteiger partial charge in [0.25, 0.3) is 0 Å². The molecule has 6 heteroatoms. The van der Waals surface area contributed by atoms with Gasteiger partial charge in [0.05, 0.1) is 0 Å². The first kappa shape index (κ1) is 71.5. The molecule has 0 amide bonds. The Kier molecular flexibility index (Phi) is 59.4. The summed E-state index contributed by atoms with van der Waals surface area (Å²) in [5.41, 5.74) is 0. The molecule has 0 spiro atoms. The minimum absolute atomic E-state index is 0.108. The smallest absolute Gasteiger partial charge is 0.306 e. The van der Waals surface area contributed by atoms with Crippen LogP contribution in [0.5, 0.6) is 0 Å². The molecule has 0 aliphatic heterocycles. The molecular weight excluding hydrogens is 937 g/mol. The number of esters is 3. The summed E-state index contributed by atoms with van der Waals surface area (Å²) in [6.07, 6.45) is 88.8. The Labute approximate surface area is 468 Å². The summed E-state index contributed by atoms with van der Waals surface area (Å²) in [6, 6.07) is 0. The quantitative estimate of drug-likeness (QED) is 0.0261. The lowest BCUT2D eigenvalue weighted by molar-refractivity contribution is -0.167. The number of unbranched alkanes of at least 4 members (excludes halogenated alkanes) is 22. The first-order valence-corrected chi connectivity index (χ1v) is 31.2. The van der Waals surface area contributed by atoms with Gasteiger partial charge in [-0.2, -0.15) is 0 Å². The van der Waals surface area contributed by atoms with Gasteiger partial charge in [0.15, 0.2) is 6.10 Å². The van der Waals surface area contributed by atoms with E-state index < -0.39 is 6.10 Å². The highest BCUT2D eigenvalue weighted by Crippen LogP contribution is 2.14. The van der Waals surface area contributed by atoms with Crippen LogP contribution in [-0.4, -0.2) is 37.2 Å². The van der Waals surface area contributed by atoms with Gasteiger partial charge in [-0.25, -0.2) is 0 Å². The first-order valence-electron chi connectivity index (χ1n) is 31.2. The topological polar surface area (TPSA) is 78.9 Å². The average Bonchev–Trinajstić information content (AvgIpc) is 3.42. The van der Waals surface area contributed by atoms with Crippen LogP contribution in [0, 0.1) is 0 Å². The summed E-state index contributed by atoms with van der Waals surface area (Å²) in [5.74, 6) is -0.973. The van der Waals surface area contributed by atoms with Gasteiger partial charge >= 0.3 is 17.9 Å². The fourth-order valence-corrected chi connectivity index (χ4v) is 8.17. The fourth-order valence-electron chi connectivity index (χ4n) is 8.17. The van der Waals surface area contributed by atoms with Crippen LogP contribution < -0.4 is 0 Å². The molecule has 0 radical (unpaired) electrons. The van der Waals surface area contributed by atoms with Gasteiger partial charge in [-0.3, -0.25) is 14.4 Å². The predicted octanol–water partition coefficient (Wildman–Crippen LogP) is 21.4. The molecule has 0 aromatic rings. The van der Waals surface area contributed by atoms with Gasteiger partial charge in [0.1, 0.15) is 13.2 Å². The van der Waals surface area contributed by atoms with E-state index in [4.69, 9.17) is 14.2 Å². The first-order chi connectivity index (χ1) is 37.5. The Morgan fingerprint density at radius 1 is 0.276 bits per heavy atom. The number of hydrogen-bond donors (Lipinski definition) is 0. The second-order valence-corrected chi connectivity index (χ2v) is 20.2. The molecule has 1 atom stereocenters. The standard InChI is InChI=1S/C70H114O6/c1-4-7-10-13-16-19-22-25-28-30-32-34-35-37-38-40-42-45-48-51-54-57-60-63-69(72)75-66-67(65-74-68(71)62-59-56-53-50-47-44-27-24-21-18-15-12-9-6-3)76-70(73)64-61-58-55-52-49-46-43-41-39-36-33-31-29-26-23-20-17-14-11-8-5-2/h8,11,15,17-18,20,22,24-27,29-30,32-33,35-37,41,43,49,52,67H,4-7,9-10,12-14,16,19,21,23,28,31,34,38-40,42,44-48,50-51,53-66H2,1-3H3/b11-8-,18-15-,20-17-,25-22-,27-24-,29-26-,32-30-,36-33-,37-35-,43-41-,52-49-. The number of ether oxygens (including phenoxy) is 3. The summed E-state index contributed by atoms with van der Waals surface area (Å²) in [7, 11) is 0. The molecule has 6 nitrogen and oxygen atoms in total. The highest BCUT2D eigenvalue weighted by atomic mass is 16.6. The van der Waals surface area contributed by atoms with Crippen LogP contribution in [0.25, 0.3) is 0 Å². The van der Waals surface area contributed by atoms with Crippen molar-refractivity contribution in [1.82, 2.24) is 0 Å². The van der Waals surface area contributed by atoms with Crippen molar-refractivity contribution in [2.45, 2.75) is 277 Å². The molecule has 0 heterocycles. The van der Waals surface area contributed by atoms with Crippen LogP contribution in [0.3, 0.4) is 0 Å². The third-order valence-corrected chi connectivity index (χ3v) is 12.9. The van der Waals surface area contributed by atoms with Crippen LogP contribution in [-0.2, 0) is 28.6 Å². The highest BCUT2D eigenvalue weighted by molar-refractivity contribution is 5.71. The molecule has 0 N–H and O–H groups in total. The Hall–Kier alpha value is -4.45. The molecule has 0 aromatic carbocycles. The van der Waals surface area contributed by atoms with E-state index >= 15 is 0 Å². The zero-order valence-corrected chi connectivity index (χ0v) is 49.2. The Bertz CT molecular complexity index is 1630. The third kappa shape index (κ3) is 60.4. The average molecular weight is 1050 g/mol. The van der Waals surface area contributed by atoms with E-state index in [0.29, 0.717) is 19.3 Å². The summed E-state index contributed by atoms with van der Waals surface area (Å²) < 4.78 is 16.9. The number of carbonyl (C=O) groups is 3. The maximum Gasteiger partial charge on any atom is 0.306 e. The van der Waals surface area contributed by atoms with E-state index in [2.05, 4.69) is 154 Å². The summed E-state index contributed by atoms with van der Waals surface area (Å²) in [4.78, 5) is 38.3. The number of carbonyl (C=O) groups excluding carboxylic acids is 3. The van der Waals surface area contributed by atoms with E-state index in [0.717, 1.165) is 135 Å². The molecule has 0 aliphatic rings. The number of allylic oxidation sites excluding steroid dienone is 22. The fraction of sp³-hybridized carbons (Fsp3) is 0.643. The summed E-state index contributed by atoms with van der Waals surface area (Å²) in [6.45, 7) is 6.42. The van der Waals surface area contributed by atoms with Gasteiger partial charge in [0.2, 0.25) is 0 Å². The van der Waals surface area contributed by atoms with Crippen LogP contribution >= 0.6 is 0 Å². The monoisotopic (exact) mass is 1050 g/mol. The highest BCUT2D eigenvalue weighted by Gasteiger charge is 2.19. The van der Waals surface area contributed by atoms with Crippen LogP contribution in [0.4, 0.5) is 0 Å². The molecular formula is C70H114O6. The maximum absolute atomic E-state index is 12.9. The van der Waals surface area contributed by atoms with Crippen molar-refractivity contribution >= 4 is 17.9 Å². The Morgan fingerprint density at radius 3 is 0.868 bits per heavy atom. The lowest BCUT2D eigenvalue weighted by Crippen LogP contribution is -2.30. The molecule has 76 heavy (non-hydrogen) atoms. The van der Waals surface area contributed by atoms with Crippen molar-refractivity contribution in [2.24, 2.45) is 0 Å². The van der Waals surface area contributed by atoms with Crippen molar-refractivity contribution in [1.29, 1.82) is 0 Å². The lowest BCUT2D eigenvalue weighted by Gasteiger charge is -2.18. The third-order valence-electron chi connectivity index (χ3n) is 12.9. The molecule has 0 aliphatic carbocycles. The lowest BCUT2D eigenvalue weighted by atomic mass is 10.1. The molecule has 0 fully saturated rings. The van der Waals surface area contributed by atoms with E-state index in [-0.39, 0.29) is 37.5 Å². The Morgan fingerprint density at radius 2 is 0.526 bits per heavy atom. The summed E-state index contributed by atoms with van der Waals surface area (Å²) >= 11 is 0. The SMILES string of the molecule is CC/C=C\C/C=C\C/C=C\C/C=C\C/C=C\C/C=C\CCCCC(=O)OC(COC(=O)CCCCCCC/C=C\C/C=C\CCCC)COC(=O)CCCCCCCCCC/C=C\C/C=C\C/C=C\CCCCCCC. The maximum atomic E-state index is 12.9. The van der Waals surface area contributed by atoms with Crippen LogP contribution in [0.1, 0.15) is 271 Å². The Balaban J connectivity index is 4.48. The zero-order chi connectivity index (χ0) is 55.0.